The lowest BCUT2D eigenvalue weighted by Crippen LogP contribution is -2.22. The summed E-state index contributed by atoms with van der Waals surface area (Å²) in [6, 6.07) is 4.28. The molecule has 3 aromatic rings. The first-order valence-electron chi connectivity index (χ1n) is 8.82. The Labute approximate surface area is 153 Å². The predicted octanol–water partition coefficient (Wildman–Crippen LogP) is 4.32. The molecule has 0 saturated heterocycles. The summed E-state index contributed by atoms with van der Waals surface area (Å²) in [6.07, 6.45) is 0.698. The minimum Gasteiger partial charge on any atom is -0.469 e. The van der Waals surface area contributed by atoms with Gasteiger partial charge in [-0.3, -0.25) is 0 Å². The first-order valence-corrected chi connectivity index (χ1v) is 8.82. The second-order valence-electron chi connectivity index (χ2n) is 6.66. The average Bonchev–Trinajstić information content (AvgIpc) is 2.97. The summed E-state index contributed by atoms with van der Waals surface area (Å²) in [5.41, 5.74) is 6.42. The van der Waals surface area contributed by atoms with Crippen molar-refractivity contribution in [3.63, 3.8) is 0 Å². The number of ether oxygens (including phenoxy) is 2. The molecule has 6 heteroatoms. The molecule has 6 nitrogen and oxygen atoms in total. The van der Waals surface area contributed by atoms with E-state index >= 15 is 0 Å². The van der Waals surface area contributed by atoms with Crippen LogP contribution in [0.5, 0.6) is 5.88 Å². The molecule has 0 fully saturated rings. The highest BCUT2D eigenvalue weighted by molar-refractivity contribution is 5.92. The van der Waals surface area contributed by atoms with Gasteiger partial charge in [-0.2, -0.15) is 4.98 Å². The number of aryl methyl sites for hydroxylation is 4. The maximum atomic E-state index is 6.02. The Hall–Kier alpha value is -2.47. The Bertz CT molecular complexity index is 910. The third-order valence-electron chi connectivity index (χ3n) is 4.40. The SMILES string of the molecule is CCC(COC)Oc1nc(C)nc2c(-c3c(C)cc(C)cc3C)noc12. The van der Waals surface area contributed by atoms with E-state index in [4.69, 9.17) is 14.0 Å². The minimum atomic E-state index is -0.103. The number of hydrogen-bond donors (Lipinski definition) is 0. The van der Waals surface area contributed by atoms with Crippen molar-refractivity contribution >= 4 is 11.1 Å². The van der Waals surface area contributed by atoms with Crippen LogP contribution in [0.25, 0.3) is 22.4 Å². The van der Waals surface area contributed by atoms with Crippen molar-refractivity contribution in [2.24, 2.45) is 0 Å². The fourth-order valence-corrected chi connectivity index (χ4v) is 3.29. The van der Waals surface area contributed by atoms with E-state index in [0.29, 0.717) is 29.4 Å². The van der Waals surface area contributed by atoms with Gasteiger partial charge in [0.1, 0.15) is 23.1 Å². The van der Waals surface area contributed by atoms with Crippen LogP contribution >= 0.6 is 0 Å². The van der Waals surface area contributed by atoms with Crippen molar-refractivity contribution in [1.29, 1.82) is 0 Å². The van der Waals surface area contributed by atoms with Crippen molar-refractivity contribution in [3.8, 4) is 17.1 Å². The first-order chi connectivity index (χ1) is 12.4. The molecule has 2 heterocycles. The van der Waals surface area contributed by atoms with E-state index < -0.39 is 0 Å². The number of methoxy groups -OCH3 is 1. The maximum Gasteiger partial charge on any atom is 0.265 e. The monoisotopic (exact) mass is 355 g/mol. The third-order valence-corrected chi connectivity index (χ3v) is 4.40. The normalized spacial score (nSPS) is 12.5. The topological polar surface area (TPSA) is 70.3 Å². The van der Waals surface area contributed by atoms with E-state index in [1.807, 2.05) is 13.8 Å². The molecule has 138 valence electrons. The number of fused-ring (bicyclic) bond motifs is 1. The number of hydrogen-bond acceptors (Lipinski definition) is 6. The molecule has 0 aliphatic rings. The molecule has 0 amide bonds. The smallest absolute Gasteiger partial charge is 0.265 e. The van der Waals surface area contributed by atoms with Crippen LogP contribution in [0, 0.1) is 27.7 Å². The largest absolute Gasteiger partial charge is 0.469 e. The summed E-state index contributed by atoms with van der Waals surface area (Å²) in [4.78, 5) is 8.99. The number of rotatable bonds is 6. The first kappa shape index (κ1) is 18.3. The molecule has 2 aromatic heterocycles. The quantitative estimate of drug-likeness (QED) is 0.656. The Morgan fingerprint density at radius 2 is 1.77 bits per heavy atom. The van der Waals surface area contributed by atoms with Crippen LogP contribution in [0.4, 0.5) is 0 Å². The van der Waals surface area contributed by atoms with Crippen LogP contribution in [-0.2, 0) is 4.74 Å². The lowest BCUT2D eigenvalue weighted by atomic mass is 9.97. The van der Waals surface area contributed by atoms with E-state index in [9.17, 15) is 0 Å². The molecule has 26 heavy (non-hydrogen) atoms. The molecule has 0 radical (unpaired) electrons. The summed E-state index contributed by atoms with van der Waals surface area (Å²) in [6.45, 7) is 10.6. The highest BCUT2D eigenvalue weighted by atomic mass is 16.5. The van der Waals surface area contributed by atoms with Crippen LogP contribution in [0.1, 0.15) is 35.9 Å². The second-order valence-corrected chi connectivity index (χ2v) is 6.66. The molecule has 0 saturated carbocycles. The number of benzene rings is 1. The summed E-state index contributed by atoms with van der Waals surface area (Å²) >= 11 is 0. The van der Waals surface area contributed by atoms with Crippen molar-refractivity contribution in [3.05, 3.63) is 34.6 Å². The summed E-state index contributed by atoms with van der Waals surface area (Å²) < 4.78 is 16.8. The third kappa shape index (κ3) is 3.42. The minimum absolute atomic E-state index is 0.103. The van der Waals surface area contributed by atoms with Gasteiger partial charge in [0.05, 0.1) is 6.61 Å². The lowest BCUT2D eigenvalue weighted by molar-refractivity contribution is 0.0756. The maximum absolute atomic E-state index is 6.02. The fourth-order valence-electron chi connectivity index (χ4n) is 3.29. The number of nitrogens with zero attached hydrogens (tertiary/aromatic N) is 3. The molecule has 1 aromatic carbocycles. The van der Waals surface area contributed by atoms with Crippen LogP contribution in [0.3, 0.4) is 0 Å². The molecule has 3 rings (SSSR count). The van der Waals surface area contributed by atoms with E-state index in [1.165, 1.54) is 5.56 Å². The van der Waals surface area contributed by atoms with Crippen molar-refractivity contribution in [1.82, 2.24) is 15.1 Å². The highest BCUT2D eigenvalue weighted by Crippen LogP contribution is 2.35. The van der Waals surface area contributed by atoms with E-state index in [0.717, 1.165) is 28.8 Å². The van der Waals surface area contributed by atoms with Gasteiger partial charge in [0.15, 0.2) is 0 Å². The van der Waals surface area contributed by atoms with E-state index in [-0.39, 0.29) is 6.10 Å². The zero-order valence-corrected chi connectivity index (χ0v) is 16.2. The Kier molecular flexibility index (Phi) is 5.23. The average molecular weight is 355 g/mol. The van der Waals surface area contributed by atoms with Crippen molar-refractivity contribution in [2.75, 3.05) is 13.7 Å². The Morgan fingerprint density at radius 3 is 2.38 bits per heavy atom. The van der Waals surface area contributed by atoms with E-state index in [2.05, 4.69) is 48.0 Å². The van der Waals surface area contributed by atoms with Gasteiger partial charge in [-0.25, -0.2) is 4.98 Å². The van der Waals surface area contributed by atoms with Gasteiger partial charge < -0.3 is 14.0 Å². The molecular weight excluding hydrogens is 330 g/mol. The molecule has 0 aliphatic carbocycles. The lowest BCUT2D eigenvalue weighted by Gasteiger charge is -2.15. The molecule has 0 N–H and O–H groups in total. The van der Waals surface area contributed by atoms with Gasteiger partial charge in [0, 0.05) is 12.7 Å². The van der Waals surface area contributed by atoms with Gasteiger partial charge in [-0.1, -0.05) is 29.8 Å². The number of aromatic nitrogens is 3. The molecule has 1 atom stereocenters. The zero-order valence-electron chi connectivity index (χ0n) is 16.2. The Morgan fingerprint density at radius 1 is 1.08 bits per heavy atom. The summed E-state index contributed by atoms with van der Waals surface area (Å²) in [5.74, 6) is 1.03. The Balaban J connectivity index is 2.14. The molecule has 0 spiro atoms. The molecule has 0 bridgehead atoms. The zero-order chi connectivity index (χ0) is 18.8. The van der Waals surface area contributed by atoms with Crippen molar-refractivity contribution in [2.45, 2.75) is 47.1 Å². The second kappa shape index (κ2) is 7.41. The van der Waals surface area contributed by atoms with Gasteiger partial charge in [-0.15, -0.1) is 0 Å². The van der Waals surface area contributed by atoms with Crippen LogP contribution in [0.2, 0.25) is 0 Å². The predicted molar refractivity (Wildman–Crippen MR) is 101 cm³/mol. The highest BCUT2D eigenvalue weighted by Gasteiger charge is 2.22. The molecular formula is C20H25N3O3. The van der Waals surface area contributed by atoms with Gasteiger partial charge in [0.2, 0.25) is 5.58 Å². The van der Waals surface area contributed by atoms with Crippen molar-refractivity contribution < 1.29 is 14.0 Å². The molecule has 1 unspecified atom stereocenters. The summed E-state index contributed by atoms with van der Waals surface area (Å²) in [7, 11) is 1.66. The van der Waals surface area contributed by atoms with Crippen LogP contribution in [0.15, 0.2) is 16.7 Å². The van der Waals surface area contributed by atoms with Gasteiger partial charge in [0.25, 0.3) is 5.88 Å². The van der Waals surface area contributed by atoms with Crippen LogP contribution in [-0.4, -0.2) is 34.9 Å². The van der Waals surface area contributed by atoms with E-state index in [1.54, 1.807) is 7.11 Å². The van der Waals surface area contributed by atoms with Gasteiger partial charge >= 0.3 is 0 Å². The van der Waals surface area contributed by atoms with Crippen LogP contribution < -0.4 is 4.74 Å². The summed E-state index contributed by atoms with van der Waals surface area (Å²) in [5, 5.41) is 4.31. The standard InChI is InChI=1S/C20H25N3O3/c1-7-15(10-24-6)25-20-19-18(21-14(5)22-20)17(23-26-19)16-12(3)8-11(2)9-13(16)4/h8-9,15H,7,10H2,1-6H3. The molecule has 0 aliphatic heterocycles. The fraction of sp³-hybridized carbons (Fsp3) is 0.450. The van der Waals surface area contributed by atoms with Gasteiger partial charge in [-0.05, 0) is 45.2 Å².